The van der Waals surface area contributed by atoms with Gasteiger partial charge in [0.1, 0.15) is 6.10 Å². The van der Waals surface area contributed by atoms with Crippen molar-refractivity contribution in [2.24, 2.45) is 0 Å². The van der Waals surface area contributed by atoms with Crippen LogP contribution < -0.4 is 0 Å². The van der Waals surface area contributed by atoms with Crippen LogP contribution in [0, 0.1) is 0 Å². The molecule has 0 aliphatic carbocycles. The molecule has 0 saturated heterocycles. The molecular weight excluding hydrogens is 196 g/mol. The van der Waals surface area contributed by atoms with Crippen molar-refractivity contribution in [1.82, 2.24) is 0 Å². The third-order valence-corrected chi connectivity index (χ3v) is 2.01. The number of benzene rings is 1. The second-order valence-electron chi connectivity index (χ2n) is 3.07. The van der Waals surface area contributed by atoms with Crippen molar-refractivity contribution < 1.29 is 19.7 Å². The molecule has 4 nitrogen and oxygen atoms in total. The van der Waals surface area contributed by atoms with Gasteiger partial charge in [0.05, 0.1) is 0 Å². The van der Waals surface area contributed by atoms with Crippen molar-refractivity contribution in [2.75, 3.05) is 6.61 Å². The fourth-order valence-corrected chi connectivity index (χ4v) is 1.32. The molecule has 82 valence electrons. The molecule has 0 heterocycles. The van der Waals surface area contributed by atoms with Crippen LogP contribution in [0.1, 0.15) is 18.6 Å². The first-order valence-corrected chi connectivity index (χ1v) is 4.74. The number of carboxylic acids is 1. The third kappa shape index (κ3) is 3.04. The van der Waals surface area contributed by atoms with Gasteiger partial charge in [-0.05, 0) is 12.5 Å². The van der Waals surface area contributed by atoms with Crippen molar-refractivity contribution in [3.05, 3.63) is 35.9 Å². The van der Waals surface area contributed by atoms with E-state index < -0.39 is 18.2 Å². The smallest absolute Gasteiger partial charge is 0.335 e. The fraction of sp³-hybridized carbons (Fsp3) is 0.364. The van der Waals surface area contributed by atoms with Crippen molar-refractivity contribution in [3.63, 3.8) is 0 Å². The molecule has 0 bridgehead atoms. The lowest BCUT2D eigenvalue weighted by atomic mass is 10.0. The summed E-state index contributed by atoms with van der Waals surface area (Å²) in [6.45, 7) is 2.11. The summed E-state index contributed by atoms with van der Waals surface area (Å²) in [7, 11) is 0. The van der Waals surface area contributed by atoms with E-state index in [1.807, 2.05) is 6.07 Å². The summed E-state index contributed by atoms with van der Waals surface area (Å²) in [5.74, 6) is -1.28. The SMILES string of the molecule is CCOC(c1ccccc1)C(O)C(=O)O. The monoisotopic (exact) mass is 210 g/mol. The number of carboxylic acid groups (broad SMARTS) is 1. The molecule has 4 heteroatoms. The Bertz CT molecular complexity index is 310. The standard InChI is InChI=1S/C11H14O4/c1-2-15-10(9(12)11(13)14)8-6-4-3-5-7-8/h3-7,9-10,12H,2H2,1H3,(H,13,14). The number of aliphatic hydroxyl groups excluding tert-OH is 1. The van der Waals surface area contributed by atoms with Gasteiger partial charge in [-0.2, -0.15) is 0 Å². The summed E-state index contributed by atoms with van der Waals surface area (Å²) < 4.78 is 5.22. The van der Waals surface area contributed by atoms with Crippen molar-refractivity contribution in [2.45, 2.75) is 19.1 Å². The van der Waals surface area contributed by atoms with E-state index in [4.69, 9.17) is 9.84 Å². The van der Waals surface area contributed by atoms with Gasteiger partial charge >= 0.3 is 5.97 Å². The number of carbonyl (C=O) groups is 1. The van der Waals surface area contributed by atoms with Crippen LogP contribution in [-0.2, 0) is 9.53 Å². The summed E-state index contributed by atoms with van der Waals surface area (Å²) in [6, 6.07) is 8.82. The molecule has 0 aromatic heterocycles. The maximum Gasteiger partial charge on any atom is 0.335 e. The molecule has 15 heavy (non-hydrogen) atoms. The van der Waals surface area contributed by atoms with E-state index in [-0.39, 0.29) is 0 Å². The quantitative estimate of drug-likeness (QED) is 0.766. The molecule has 1 aromatic rings. The van der Waals surface area contributed by atoms with Crippen LogP contribution in [0.5, 0.6) is 0 Å². The average Bonchev–Trinajstić information content (AvgIpc) is 2.26. The highest BCUT2D eigenvalue weighted by Gasteiger charge is 2.27. The first-order valence-electron chi connectivity index (χ1n) is 4.74. The Balaban J connectivity index is 2.87. The molecule has 0 aliphatic heterocycles. The van der Waals surface area contributed by atoms with Gasteiger partial charge < -0.3 is 14.9 Å². The molecule has 0 spiro atoms. The molecule has 0 fully saturated rings. The Kier molecular flexibility index (Phi) is 4.27. The Morgan fingerprint density at radius 2 is 2.00 bits per heavy atom. The van der Waals surface area contributed by atoms with Gasteiger partial charge in [0.25, 0.3) is 0 Å². The molecule has 1 rings (SSSR count). The van der Waals surface area contributed by atoms with E-state index in [2.05, 4.69) is 0 Å². The van der Waals surface area contributed by atoms with E-state index in [9.17, 15) is 9.90 Å². The summed E-state index contributed by atoms with van der Waals surface area (Å²) in [5.41, 5.74) is 0.661. The maximum absolute atomic E-state index is 10.7. The zero-order valence-electron chi connectivity index (χ0n) is 8.46. The van der Waals surface area contributed by atoms with Crippen molar-refractivity contribution >= 4 is 5.97 Å². The summed E-state index contributed by atoms with van der Waals surface area (Å²) >= 11 is 0. The molecule has 0 radical (unpaired) electrons. The van der Waals surface area contributed by atoms with Crippen LogP contribution in [0.15, 0.2) is 30.3 Å². The van der Waals surface area contributed by atoms with E-state index in [1.54, 1.807) is 31.2 Å². The van der Waals surface area contributed by atoms with Gasteiger partial charge in [0, 0.05) is 6.61 Å². The second kappa shape index (κ2) is 5.48. The number of hydrogen-bond donors (Lipinski definition) is 2. The summed E-state index contributed by atoms with van der Waals surface area (Å²) in [4.78, 5) is 10.7. The Labute approximate surface area is 88.1 Å². The summed E-state index contributed by atoms with van der Waals surface area (Å²) in [5, 5.41) is 18.2. The van der Waals surface area contributed by atoms with E-state index >= 15 is 0 Å². The van der Waals surface area contributed by atoms with Gasteiger partial charge in [-0.3, -0.25) is 0 Å². The van der Waals surface area contributed by atoms with Gasteiger partial charge in [-0.15, -0.1) is 0 Å². The normalized spacial score (nSPS) is 14.5. The molecule has 0 amide bonds. The highest BCUT2D eigenvalue weighted by molar-refractivity contribution is 5.73. The predicted molar refractivity (Wildman–Crippen MR) is 54.5 cm³/mol. The maximum atomic E-state index is 10.7. The van der Waals surface area contributed by atoms with Gasteiger partial charge in [0.2, 0.25) is 0 Å². The lowest BCUT2D eigenvalue weighted by Crippen LogP contribution is -2.29. The molecule has 2 unspecified atom stereocenters. The number of hydrogen-bond acceptors (Lipinski definition) is 3. The lowest BCUT2D eigenvalue weighted by molar-refractivity contribution is -0.156. The van der Waals surface area contributed by atoms with Gasteiger partial charge in [0.15, 0.2) is 6.10 Å². The van der Waals surface area contributed by atoms with Crippen LogP contribution in [0.3, 0.4) is 0 Å². The topological polar surface area (TPSA) is 66.8 Å². The zero-order chi connectivity index (χ0) is 11.3. The molecule has 2 atom stereocenters. The minimum Gasteiger partial charge on any atom is -0.479 e. The van der Waals surface area contributed by atoms with E-state index in [0.29, 0.717) is 12.2 Å². The molecule has 1 aromatic carbocycles. The van der Waals surface area contributed by atoms with Crippen molar-refractivity contribution in [1.29, 1.82) is 0 Å². The number of aliphatic carboxylic acids is 1. The minimum absolute atomic E-state index is 0.351. The Morgan fingerprint density at radius 3 is 2.47 bits per heavy atom. The van der Waals surface area contributed by atoms with Crippen LogP contribution in [-0.4, -0.2) is 28.9 Å². The highest BCUT2D eigenvalue weighted by atomic mass is 16.5. The van der Waals surface area contributed by atoms with E-state index in [1.165, 1.54) is 0 Å². The second-order valence-corrected chi connectivity index (χ2v) is 3.07. The first kappa shape index (κ1) is 11.7. The molecular formula is C11H14O4. The van der Waals surface area contributed by atoms with Crippen LogP contribution in [0.4, 0.5) is 0 Å². The van der Waals surface area contributed by atoms with Crippen LogP contribution >= 0.6 is 0 Å². The largest absolute Gasteiger partial charge is 0.479 e. The lowest BCUT2D eigenvalue weighted by Gasteiger charge is -2.20. The molecule has 0 saturated carbocycles. The van der Waals surface area contributed by atoms with Crippen LogP contribution in [0.25, 0.3) is 0 Å². The number of ether oxygens (including phenoxy) is 1. The summed E-state index contributed by atoms with van der Waals surface area (Å²) in [6.07, 6.45) is -2.35. The third-order valence-electron chi connectivity index (χ3n) is 2.01. The first-order chi connectivity index (χ1) is 7.16. The average molecular weight is 210 g/mol. The van der Waals surface area contributed by atoms with Crippen molar-refractivity contribution in [3.8, 4) is 0 Å². The predicted octanol–water partition coefficient (Wildman–Crippen LogP) is 1.21. The number of aliphatic hydroxyl groups is 1. The minimum atomic E-state index is -1.53. The highest BCUT2D eigenvalue weighted by Crippen LogP contribution is 2.21. The molecule has 2 N–H and O–H groups in total. The van der Waals surface area contributed by atoms with Gasteiger partial charge in [-0.1, -0.05) is 30.3 Å². The fourth-order valence-electron chi connectivity index (χ4n) is 1.32. The van der Waals surface area contributed by atoms with Gasteiger partial charge in [-0.25, -0.2) is 4.79 Å². The Morgan fingerprint density at radius 1 is 1.40 bits per heavy atom. The number of rotatable bonds is 5. The van der Waals surface area contributed by atoms with Crippen LogP contribution in [0.2, 0.25) is 0 Å². The Hall–Kier alpha value is -1.39. The molecule has 0 aliphatic rings. The van der Waals surface area contributed by atoms with E-state index in [0.717, 1.165) is 0 Å². The zero-order valence-corrected chi connectivity index (χ0v) is 8.46.